The molecule has 0 aliphatic rings. The summed E-state index contributed by atoms with van der Waals surface area (Å²) in [6.45, 7) is 17.2. The summed E-state index contributed by atoms with van der Waals surface area (Å²) in [4.78, 5) is 2.46. The smallest absolute Gasteiger partial charge is 0.0681 e. The molecule has 0 aliphatic heterocycles. The lowest BCUT2D eigenvalue weighted by Gasteiger charge is -2.30. The molecule has 0 aliphatic carbocycles. The van der Waals surface area contributed by atoms with E-state index in [2.05, 4.69) is 94.6 Å². The molecule has 26 heavy (non-hydrogen) atoms. The molecule has 0 fully saturated rings. The first-order valence-electron chi connectivity index (χ1n) is 9.42. The zero-order valence-corrected chi connectivity index (χ0v) is 17.0. The highest BCUT2D eigenvalue weighted by Crippen LogP contribution is 2.16. The second-order valence-electron chi connectivity index (χ2n) is 8.14. The van der Waals surface area contributed by atoms with Crippen LogP contribution in [0.25, 0.3) is 6.08 Å². The van der Waals surface area contributed by atoms with Gasteiger partial charge in [0, 0.05) is 19.6 Å². The van der Waals surface area contributed by atoms with Crippen molar-refractivity contribution < 1.29 is 4.74 Å². The first-order chi connectivity index (χ1) is 12.2. The maximum Gasteiger partial charge on any atom is 0.0681 e. The van der Waals surface area contributed by atoms with E-state index >= 15 is 0 Å². The summed E-state index contributed by atoms with van der Waals surface area (Å²) < 4.78 is 6.14. The quantitative estimate of drug-likeness (QED) is 0.592. The van der Waals surface area contributed by atoms with Crippen molar-refractivity contribution in [2.45, 2.75) is 59.4 Å². The molecule has 0 N–H and O–H groups in total. The molecule has 140 valence electrons. The van der Waals surface area contributed by atoms with Gasteiger partial charge in [-0.15, -0.1) is 0 Å². The van der Waals surface area contributed by atoms with Crippen LogP contribution in [0, 0.1) is 6.92 Å². The van der Waals surface area contributed by atoms with Crippen molar-refractivity contribution in [1.29, 1.82) is 0 Å². The Kier molecular flexibility index (Phi) is 7.19. The van der Waals surface area contributed by atoms with Crippen molar-refractivity contribution >= 4 is 6.08 Å². The molecular weight excluding hydrogens is 318 g/mol. The lowest BCUT2D eigenvalue weighted by molar-refractivity contribution is -0.0646. The summed E-state index contributed by atoms with van der Waals surface area (Å²) >= 11 is 0. The molecule has 1 unspecified atom stereocenters. The molecule has 0 spiro atoms. The van der Waals surface area contributed by atoms with E-state index < -0.39 is 0 Å². The summed E-state index contributed by atoms with van der Waals surface area (Å²) in [5.41, 5.74) is 4.97. The highest BCUT2D eigenvalue weighted by atomic mass is 16.5. The van der Waals surface area contributed by atoms with Crippen LogP contribution in [0.1, 0.15) is 49.9 Å². The molecule has 2 aromatic rings. The van der Waals surface area contributed by atoms with E-state index in [9.17, 15) is 0 Å². The highest BCUT2D eigenvalue weighted by Gasteiger charge is 2.18. The fourth-order valence-electron chi connectivity index (χ4n) is 3.16. The molecule has 2 aromatic carbocycles. The van der Waals surface area contributed by atoms with E-state index in [1.807, 2.05) is 6.08 Å². The Morgan fingerprint density at radius 3 is 1.92 bits per heavy atom. The highest BCUT2D eigenvalue weighted by molar-refractivity contribution is 5.47. The summed E-state index contributed by atoms with van der Waals surface area (Å²) in [7, 11) is 0. The molecule has 1 atom stereocenters. The average molecular weight is 352 g/mol. The Balaban J connectivity index is 2.10. The molecule has 0 aromatic heterocycles. The second-order valence-corrected chi connectivity index (χ2v) is 8.14. The Morgan fingerprint density at radius 2 is 1.46 bits per heavy atom. The molecule has 0 amide bonds. The van der Waals surface area contributed by atoms with Crippen molar-refractivity contribution in [3.63, 3.8) is 0 Å². The van der Waals surface area contributed by atoms with Crippen LogP contribution in [-0.2, 0) is 17.8 Å². The van der Waals surface area contributed by atoms with Crippen molar-refractivity contribution in [3.05, 3.63) is 77.4 Å². The van der Waals surface area contributed by atoms with Crippen LogP contribution in [0.2, 0.25) is 0 Å². The predicted octanol–water partition coefficient (Wildman–Crippen LogP) is 5.84. The average Bonchev–Trinajstić information content (AvgIpc) is 2.56. The number of hydrogen-bond acceptors (Lipinski definition) is 2. The third-order valence-corrected chi connectivity index (χ3v) is 4.22. The Bertz CT molecular complexity index is 680. The van der Waals surface area contributed by atoms with Crippen molar-refractivity contribution in [2.24, 2.45) is 0 Å². The standard InChI is InChI=1S/C24H33NO/c1-7-21-12-14-23(15-13-21)18-25(16-20(3)26-24(4,5)6)17-22-10-8-19(2)9-11-22/h7-15,20H,1,16-18H2,2-6H3. The van der Waals surface area contributed by atoms with Crippen LogP contribution in [0.3, 0.4) is 0 Å². The van der Waals surface area contributed by atoms with Gasteiger partial charge in [-0.2, -0.15) is 0 Å². The minimum absolute atomic E-state index is 0.124. The molecular formula is C24H33NO. The summed E-state index contributed by atoms with van der Waals surface area (Å²) in [5, 5.41) is 0. The van der Waals surface area contributed by atoms with Crippen molar-refractivity contribution in [2.75, 3.05) is 6.54 Å². The van der Waals surface area contributed by atoms with Gasteiger partial charge in [-0.1, -0.05) is 66.7 Å². The van der Waals surface area contributed by atoms with Crippen molar-refractivity contribution in [3.8, 4) is 0 Å². The van der Waals surface area contributed by atoms with Crippen LogP contribution in [0.15, 0.2) is 55.1 Å². The zero-order chi connectivity index (χ0) is 19.2. The summed E-state index contributed by atoms with van der Waals surface area (Å²) in [6.07, 6.45) is 2.06. The zero-order valence-electron chi connectivity index (χ0n) is 17.0. The first-order valence-corrected chi connectivity index (χ1v) is 9.42. The number of aryl methyl sites for hydroxylation is 1. The van der Waals surface area contributed by atoms with E-state index in [4.69, 9.17) is 4.74 Å². The third-order valence-electron chi connectivity index (χ3n) is 4.22. The number of ether oxygens (including phenoxy) is 1. The molecule has 0 saturated heterocycles. The number of rotatable bonds is 8. The lowest BCUT2D eigenvalue weighted by atomic mass is 10.1. The Hall–Kier alpha value is -1.90. The van der Waals surface area contributed by atoms with Crippen LogP contribution in [0.4, 0.5) is 0 Å². The Labute approximate surface area is 159 Å². The molecule has 2 rings (SSSR count). The van der Waals surface area contributed by atoms with Gasteiger partial charge in [-0.25, -0.2) is 0 Å². The minimum atomic E-state index is -0.124. The van der Waals surface area contributed by atoms with Crippen LogP contribution in [-0.4, -0.2) is 23.1 Å². The van der Waals surface area contributed by atoms with Crippen LogP contribution >= 0.6 is 0 Å². The minimum Gasteiger partial charge on any atom is -0.372 e. The summed E-state index contributed by atoms with van der Waals surface area (Å²) in [6, 6.07) is 17.4. The second kappa shape index (κ2) is 9.16. The molecule has 0 heterocycles. The first kappa shape index (κ1) is 20.4. The fourth-order valence-corrected chi connectivity index (χ4v) is 3.16. The molecule has 0 saturated carbocycles. The maximum atomic E-state index is 6.14. The molecule has 2 nitrogen and oxygen atoms in total. The number of hydrogen-bond donors (Lipinski definition) is 0. The fraction of sp³-hybridized carbons (Fsp3) is 0.417. The maximum absolute atomic E-state index is 6.14. The molecule has 2 heteroatoms. The van der Waals surface area contributed by atoms with Gasteiger partial charge < -0.3 is 4.74 Å². The SMILES string of the molecule is C=Cc1ccc(CN(Cc2ccc(C)cc2)CC(C)OC(C)(C)C)cc1. The number of benzene rings is 2. The monoisotopic (exact) mass is 351 g/mol. The van der Waals surface area contributed by atoms with Gasteiger partial charge in [0.2, 0.25) is 0 Å². The van der Waals surface area contributed by atoms with Gasteiger partial charge >= 0.3 is 0 Å². The van der Waals surface area contributed by atoms with Gasteiger partial charge in [0.1, 0.15) is 0 Å². The topological polar surface area (TPSA) is 12.5 Å². The van der Waals surface area contributed by atoms with Gasteiger partial charge in [0.25, 0.3) is 0 Å². The van der Waals surface area contributed by atoms with Crippen LogP contribution in [0.5, 0.6) is 0 Å². The number of nitrogens with zero attached hydrogens (tertiary/aromatic N) is 1. The molecule has 0 bridgehead atoms. The normalized spacial score (nSPS) is 13.0. The van der Waals surface area contributed by atoms with Gasteiger partial charge in [0.05, 0.1) is 11.7 Å². The molecule has 0 radical (unpaired) electrons. The van der Waals surface area contributed by atoms with E-state index in [0.717, 1.165) is 25.2 Å². The van der Waals surface area contributed by atoms with E-state index in [-0.39, 0.29) is 11.7 Å². The van der Waals surface area contributed by atoms with E-state index in [1.165, 1.54) is 16.7 Å². The van der Waals surface area contributed by atoms with Crippen molar-refractivity contribution in [1.82, 2.24) is 4.90 Å². The van der Waals surface area contributed by atoms with E-state index in [1.54, 1.807) is 0 Å². The third kappa shape index (κ3) is 7.15. The Morgan fingerprint density at radius 1 is 0.962 bits per heavy atom. The largest absolute Gasteiger partial charge is 0.372 e. The van der Waals surface area contributed by atoms with Gasteiger partial charge in [-0.05, 0) is 51.3 Å². The lowest BCUT2D eigenvalue weighted by Crippen LogP contribution is -2.36. The van der Waals surface area contributed by atoms with Crippen LogP contribution < -0.4 is 0 Å². The predicted molar refractivity (Wildman–Crippen MR) is 112 cm³/mol. The van der Waals surface area contributed by atoms with Gasteiger partial charge in [0.15, 0.2) is 0 Å². The summed E-state index contributed by atoms with van der Waals surface area (Å²) in [5.74, 6) is 0. The van der Waals surface area contributed by atoms with Gasteiger partial charge in [-0.3, -0.25) is 4.90 Å². The van der Waals surface area contributed by atoms with E-state index in [0.29, 0.717) is 0 Å².